The van der Waals surface area contributed by atoms with Crippen molar-refractivity contribution in [2.45, 2.75) is 6.54 Å². The van der Waals surface area contributed by atoms with Crippen LogP contribution in [0.5, 0.6) is 0 Å². The van der Waals surface area contributed by atoms with Gasteiger partial charge < -0.3 is 0 Å². The van der Waals surface area contributed by atoms with Crippen LogP contribution in [0.25, 0.3) is 0 Å². The van der Waals surface area contributed by atoms with E-state index in [1.807, 2.05) is 54.9 Å². The van der Waals surface area contributed by atoms with E-state index in [0.717, 1.165) is 12.1 Å². The zero-order valence-electron chi connectivity index (χ0n) is 28.4. The minimum atomic E-state index is -7.22. The molecule has 1 heterocycles. The van der Waals surface area contributed by atoms with Crippen LogP contribution in [0.2, 0.25) is 0 Å². The van der Waals surface area contributed by atoms with E-state index in [2.05, 4.69) is 10.6 Å². The van der Waals surface area contributed by atoms with Crippen molar-refractivity contribution < 1.29 is 92.4 Å². The Labute approximate surface area is 320 Å². The second-order valence-electron chi connectivity index (χ2n) is 12.2. The summed E-state index contributed by atoms with van der Waals surface area (Å²) in [5.41, 5.74) is -12.5. The monoisotopic (exact) mass is 874 g/mol. The lowest BCUT2D eigenvalue weighted by atomic mass is 9.12. The largest absolute Gasteiger partial charge is 0.207 e. The van der Waals surface area contributed by atoms with E-state index < -0.39 is 144 Å². The summed E-state index contributed by atoms with van der Waals surface area (Å²) in [6.07, 6.45) is -3.19. The van der Waals surface area contributed by atoms with E-state index in [1.54, 1.807) is 0 Å². The van der Waals surface area contributed by atoms with Gasteiger partial charge in [0.1, 0.15) is 52.7 Å². The Hall–Kier alpha value is -6.60. The predicted octanol–water partition coefficient (Wildman–Crippen LogP) is 7.74. The molecule has 0 N–H and O–H groups in total. The molecule has 0 unspecified atom stereocenters. The number of hydrogen-bond acceptors (Lipinski definition) is 1. The molecule has 6 rings (SSSR count). The molecule has 0 aliphatic heterocycles. The number of aromatic nitrogens is 1. The molecule has 0 amide bonds. The highest BCUT2D eigenvalue weighted by atomic mass is 19.2. The maximum absolute atomic E-state index is 15.4. The number of rotatable bonds is 6. The van der Waals surface area contributed by atoms with E-state index >= 15 is 35.1 Å². The van der Waals surface area contributed by atoms with Crippen LogP contribution in [0.15, 0.2) is 54.9 Å². The molecule has 0 saturated carbocycles. The van der Waals surface area contributed by atoms with Gasteiger partial charge in [-0.3, -0.25) is 0 Å². The molecule has 0 spiro atoms. The fraction of sp³-hybridized carbons (Fsp3) is 0.0270. The number of nitriles is 1. The van der Waals surface area contributed by atoms with E-state index in [9.17, 15) is 52.7 Å². The fourth-order valence-corrected chi connectivity index (χ4v) is 6.36. The molecule has 0 radical (unpaired) electrons. The number of pyridine rings is 1. The second-order valence-corrected chi connectivity index (χ2v) is 12.2. The standard InChI is InChI=1S/C24BF20.C13H11N2/c26-5-1(6(27)14(35)21(42)13(5)34)25(2-7(28)15(36)22(43)16(37)8(2)29,3-9(30)17(38)23(44)18(39)10(3)31)4-11(32)19(40)24(45)20(41)12(4)33;14-10-12-5-4-6-13(9-12)11-15-7-2-1-3-8-15/h;1-9H,11H2/q-1;+1. The number of nitrogens with zero attached hydrogens (tertiary/aromatic N) is 2. The quantitative estimate of drug-likeness (QED) is 0.0554. The number of benzene rings is 5. The molecule has 0 aliphatic carbocycles. The predicted molar refractivity (Wildman–Crippen MR) is 166 cm³/mol. The summed E-state index contributed by atoms with van der Waals surface area (Å²) in [7, 11) is 0. The molecule has 312 valence electrons. The van der Waals surface area contributed by atoms with E-state index in [0.29, 0.717) is 5.56 Å². The summed E-state index contributed by atoms with van der Waals surface area (Å²) in [6, 6.07) is 15.8. The first-order valence-electron chi connectivity index (χ1n) is 15.7. The summed E-state index contributed by atoms with van der Waals surface area (Å²) < 4.78 is 296. The topological polar surface area (TPSA) is 27.7 Å². The zero-order valence-corrected chi connectivity index (χ0v) is 28.4. The molecular weight excluding hydrogens is 863 g/mol. The molecule has 5 aromatic carbocycles. The van der Waals surface area contributed by atoms with Crippen molar-refractivity contribution in [2.75, 3.05) is 0 Å². The molecule has 60 heavy (non-hydrogen) atoms. The Kier molecular flexibility index (Phi) is 12.3. The van der Waals surface area contributed by atoms with Crippen LogP contribution >= 0.6 is 0 Å². The summed E-state index contributed by atoms with van der Waals surface area (Å²) >= 11 is 0. The van der Waals surface area contributed by atoms with Crippen LogP contribution in [-0.2, 0) is 6.54 Å². The van der Waals surface area contributed by atoms with Gasteiger partial charge in [-0.1, -0.05) is 18.2 Å². The summed E-state index contributed by atoms with van der Waals surface area (Å²) in [6.45, 7) is 0.802. The highest BCUT2D eigenvalue weighted by molar-refractivity contribution is 7.20. The van der Waals surface area contributed by atoms with Crippen molar-refractivity contribution in [2.24, 2.45) is 0 Å². The minimum absolute atomic E-state index is 0.712. The van der Waals surface area contributed by atoms with Gasteiger partial charge in [0.15, 0.2) is 88.7 Å². The Bertz CT molecular complexity index is 2370. The van der Waals surface area contributed by atoms with Crippen LogP contribution in [0.1, 0.15) is 11.1 Å². The first kappa shape index (κ1) is 44.5. The lowest BCUT2D eigenvalue weighted by molar-refractivity contribution is -0.688. The first-order valence-corrected chi connectivity index (χ1v) is 15.7. The SMILES string of the molecule is Fc1c(F)c(F)c([B-](c2c(F)c(F)c(F)c(F)c2F)(c2c(F)c(F)c(F)c(F)c2F)c2c(F)c(F)c(F)c(F)c2F)c(F)c1F.N#Cc1cccc(C[n+]2ccccc2)c1. The molecule has 2 nitrogen and oxygen atoms in total. The molecule has 0 bridgehead atoms. The highest BCUT2D eigenvalue weighted by Crippen LogP contribution is 2.30. The summed E-state index contributed by atoms with van der Waals surface area (Å²) in [5, 5.41) is 8.77. The third-order valence-electron chi connectivity index (χ3n) is 8.91. The number of halogens is 20. The van der Waals surface area contributed by atoms with Gasteiger partial charge in [0.05, 0.1) is 11.6 Å². The Balaban J connectivity index is 0.000000379. The smallest absolute Gasteiger partial charge is 0.200 e. The first-order chi connectivity index (χ1) is 28.1. The van der Waals surface area contributed by atoms with Crippen molar-refractivity contribution in [3.05, 3.63) is 182 Å². The van der Waals surface area contributed by atoms with Gasteiger partial charge in [0, 0.05) is 17.7 Å². The van der Waals surface area contributed by atoms with Gasteiger partial charge in [0.25, 0.3) is 0 Å². The maximum atomic E-state index is 15.4. The van der Waals surface area contributed by atoms with Crippen molar-refractivity contribution in [1.29, 1.82) is 5.26 Å². The maximum Gasteiger partial charge on any atom is 0.200 e. The fourth-order valence-electron chi connectivity index (χ4n) is 6.36. The minimum Gasteiger partial charge on any atom is -0.207 e. The van der Waals surface area contributed by atoms with E-state index in [4.69, 9.17) is 5.26 Å². The van der Waals surface area contributed by atoms with Gasteiger partial charge in [-0.15, -0.1) is 21.9 Å². The molecule has 0 fully saturated rings. The molecule has 1 aromatic heterocycles. The third kappa shape index (κ3) is 6.92. The molecule has 6 aromatic rings. The Morgan fingerprint density at radius 3 is 0.900 bits per heavy atom. The summed E-state index contributed by atoms with van der Waals surface area (Å²) in [5.74, 6) is -71.4. The van der Waals surface area contributed by atoms with Crippen molar-refractivity contribution in [3.63, 3.8) is 0 Å². The summed E-state index contributed by atoms with van der Waals surface area (Å²) in [4.78, 5) is 0. The molecule has 0 saturated heterocycles. The normalized spacial score (nSPS) is 11.4. The molecular formula is C37H11BF20N2. The van der Waals surface area contributed by atoms with Crippen LogP contribution in [0, 0.1) is 128 Å². The van der Waals surface area contributed by atoms with Gasteiger partial charge in [-0.2, -0.15) is 5.26 Å². The average molecular weight is 874 g/mol. The average Bonchev–Trinajstić information content (AvgIpc) is 3.24. The van der Waals surface area contributed by atoms with Crippen molar-refractivity contribution >= 4 is 28.0 Å². The highest BCUT2D eigenvalue weighted by Gasteiger charge is 2.52. The van der Waals surface area contributed by atoms with Crippen molar-refractivity contribution in [3.8, 4) is 6.07 Å². The van der Waals surface area contributed by atoms with Crippen LogP contribution in [-0.4, -0.2) is 6.15 Å². The van der Waals surface area contributed by atoms with Crippen LogP contribution in [0.4, 0.5) is 87.8 Å². The van der Waals surface area contributed by atoms with Crippen LogP contribution in [0.3, 0.4) is 0 Å². The van der Waals surface area contributed by atoms with Gasteiger partial charge in [-0.05, 0) is 12.1 Å². The molecule has 0 aliphatic rings. The Morgan fingerprint density at radius 1 is 0.367 bits per heavy atom. The Morgan fingerprint density at radius 2 is 0.633 bits per heavy atom. The molecule has 23 heteroatoms. The van der Waals surface area contributed by atoms with E-state index in [-0.39, 0.29) is 0 Å². The van der Waals surface area contributed by atoms with Crippen molar-refractivity contribution in [1.82, 2.24) is 0 Å². The second kappa shape index (κ2) is 16.6. The lowest BCUT2D eigenvalue weighted by Gasteiger charge is -2.44. The van der Waals surface area contributed by atoms with Crippen LogP contribution < -0.4 is 26.4 Å². The van der Waals surface area contributed by atoms with Gasteiger partial charge in [-0.25, -0.2) is 92.4 Å². The van der Waals surface area contributed by atoms with E-state index in [1.165, 1.54) is 0 Å². The lowest BCUT2D eigenvalue weighted by Crippen LogP contribution is -2.81. The van der Waals surface area contributed by atoms with Gasteiger partial charge >= 0.3 is 0 Å². The molecule has 0 atom stereocenters. The third-order valence-corrected chi connectivity index (χ3v) is 8.91. The zero-order chi connectivity index (χ0) is 44.9. The van der Waals surface area contributed by atoms with Gasteiger partial charge in [0.2, 0.25) is 0 Å². The number of hydrogen-bond donors (Lipinski definition) is 0.